The molecule has 0 fully saturated rings. The first-order valence-electron chi connectivity index (χ1n) is 3.01. The van der Waals surface area contributed by atoms with E-state index in [0.717, 1.165) is 0 Å². The summed E-state index contributed by atoms with van der Waals surface area (Å²) < 4.78 is 45.3. The molecule has 0 heterocycles. The van der Waals surface area contributed by atoms with Crippen molar-refractivity contribution in [2.45, 2.75) is 13.1 Å². The van der Waals surface area contributed by atoms with E-state index >= 15 is 0 Å². The van der Waals surface area contributed by atoms with Crippen molar-refractivity contribution in [3.8, 4) is 0 Å². The number of carbonyl (C=O) groups is 1. The van der Waals surface area contributed by atoms with E-state index < -0.39 is 20.0 Å². The highest BCUT2D eigenvalue weighted by molar-refractivity contribution is 7.46. The van der Waals surface area contributed by atoms with Gasteiger partial charge in [0.25, 0.3) is 0 Å². The molecular formula is C4H8F3O6P. The van der Waals surface area contributed by atoms with Crippen LogP contribution in [0.5, 0.6) is 0 Å². The fourth-order valence-corrected chi connectivity index (χ4v) is 0.505. The normalized spacial score (nSPS) is 11.6. The highest BCUT2D eigenvalue weighted by Gasteiger charge is 2.38. The summed E-state index contributed by atoms with van der Waals surface area (Å²) in [5.41, 5.74) is 0. The van der Waals surface area contributed by atoms with E-state index in [-0.39, 0.29) is 6.61 Å². The van der Waals surface area contributed by atoms with Gasteiger partial charge in [-0.15, -0.1) is 0 Å². The summed E-state index contributed by atoms with van der Waals surface area (Å²) >= 11 is 0. The molecule has 0 aliphatic carbocycles. The summed E-state index contributed by atoms with van der Waals surface area (Å²) in [7, 11) is -4.17. The summed E-state index contributed by atoms with van der Waals surface area (Å²) in [4.78, 5) is 24.7. The quantitative estimate of drug-likeness (QED) is 0.615. The molecule has 0 aromatic rings. The van der Waals surface area contributed by atoms with E-state index in [4.69, 9.17) is 19.7 Å². The number of hydrogen-bond acceptors (Lipinski definition) is 3. The van der Waals surface area contributed by atoms with Gasteiger partial charge in [-0.3, -0.25) is 4.52 Å². The molecule has 0 saturated heterocycles. The largest absolute Gasteiger partial charge is 0.490 e. The van der Waals surface area contributed by atoms with Crippen molar-refractivity contribution < 1.29 is 41.9 Å². The monoisotopic (exact) mass is 240 g/mol. The van der Waals surface area contributed by atoms with Crippen LogP contribution in [0.25, 0.3) is 0 Å². The minimum atomic E-state index is -5.08. The minimum Gasteiger partial charge on any atom is -0.475 e. The molecule has 0 atom stereocenters. The first-order valence-corrected chi connectivity index (χ1v) is 4.54. The van der Waals surface area contributed by atoms with Crippen molar-refractivity contribution >= 4 is 13.8 Å². The molecule has 0 saturated carbocycles. The number of rotatable bonds is 2. The van der Waals surface area contributed by atoms with Gasteiger partial charge in [-0.2, -0.15) is 13.2 Å². The Balaban J connectivity index is 0. The lowest BCUT2D eigenvalue weighted by Gasteiger charge is -1.98. The van der Waals surface area contributed by atoms with E-state index in [0.29, 0.717) is 0 Å². The number of halogens is 3. The van der Waals surface area contributed by atoms with Gasteiger partial charge >= 0.3 is 20.0 Å². The van der Waals surface area contributed by atoms with E-state index in [9.17, 15) is 17.7 Å². The van der Waals surface area contributed by atoms with E-state index in [2.05, 4.69) is 4.52 Å². The van der Waals surface area contributed by atoms with E-state index in [1.165, 1.54) is 6.92 Å². The zero-order valence-electron chi connectivity index (χ0n) is 6.85. The molecule has 0 aliphatic heterocycles. The SMILES string of the molecule is CCOP(=O)(O)O.O=C(O)C(F)(F)F. The predicted molar refractivity (Wildman–Crippen MR) is 37.4 cm³/mol. The number of phosphoric ester groups is 1. The summed E-state index contributed by atoms with van der Waals surface area (Å²) in [6, 6.07) is 0. The summed E-state index contributed by atoms with van der Waals surface area (Å²) in [5.74, 6) is -2.76. The third kappa shape index (κ3) is 13.9. The van der Waals surface area contributed by atoms with Crippen LogP contribution < -0.4 is 0 Å². The lowest BCUT2D eigenvalue weighted by Crippen LogP contribution is -2.21. The van der Waals surface area contributed by atoms with Gasteiger partial charge in [0.05, 0.1) is 6.61 Å². The van der Waals surface area contributed by atoms with Gasteiger partial charge in [-0.05, 0) is 6.92 Å². The molecule has 0 radical (unpaired) electrons. The van der Waals surface area contributed by atoms with Crippen molar-refractivity contribution in [3.63, 3.8) is 0 Å². The van der Waals surface area contributed by atoms with Crippen LogP contribution in [0.2, 0.25) is 0 Å². The smallest absolute Gasteiger partial charge is 0.475 e. The number of alkyl halides is 3. The molecule has 0 spiro atoms. The lowest BCUT2D eigenvalue weighted by molar-refractivity contribution is -0.192. The van der Waals surface area contributed by atoms with Crippen molar-refractivity contribution in [1.82, 2.24) is 0 Å². The van der Waals surface area contributed by atoms with Crippen LogP contribution in [-0.4, -0.2) is 33.6 Å². The second-order valence-electron chi connectivity index (χ2n) is 1.71. The highest BCUT2D eigenvalue weighted by Crippen LogP contribution is 2.34. The Morgan fingerprint density at radius 2 is 1.71 bits per heavy atom. The van der Waals surface area contributed by atoms with Gasteiger partial charge in [0, 0.05) is 0 Å². The maximum atomic E-state index is 10.6. The summed E-state index contributed by atoms with van der Waals surface area (Å²) in [5, 5.41) is 7.12. The van der Waals surface area contributed by atoms with Gasteiger partial charge in [-0.1, -0.05) is 0 Å². The Bertz CT molecular complexity index is 220. The Kier molecular flexibility index (Phi) is 6.75. The fourth-order valence-electron chi connectivity index (χ4n) is 0.168. The maximum Gasteiger partial charge on any atom is 0.490 e. The van der Waals surface area contributed by atoms with Crippen LogP contribution in [-0.2, 0) is 13.9 Å². The molecule has 0 bridgehead atoms. The van der Waals surface area contributed by atoms with Gasteiger partial charge in [0.2, 0.25) is 0 Å². The molecule has 86 valence electrons. The number of hydrogen-bond donors (Lipinski definition) is 3. The fraction of sp³-hybridized carbons (Fsp3) is 0.750. The molecular weight excluding hydrogens is 232 g/mol. The molecule has 10 heteroatoms. The Hall–Kier alpha value is -0.630. The second-order valence-corrected chi connectivity index (χ2v) is 2.95. The van der Waals surface area contributed by atoms with Crippen molar-refractivity contribution in [3.05, 3.63) is 0 Å². The van der Waals surface area contributed by atoms with Crippen LogP contribution in [0.4, 0.5) is 13.2 Å². The number of carboxylic acids is 1. The van der Waals surface area contributed by atoms with Crippen molar-refractivity contribution in [2.24, 2.45) is 0 Å². The van der Waals surface area contributed by atoms with Crippen LogP contribution >= 0.6 is 7.82 Å². The second kappa shape index (κ2) is 5.97. The predicted octanol–water partition coefficient (Wildman–Crippen LogP) is 0.749. The number of carboxylic acid groups (broad SMARTS) is 1. The number of aliphatic carboxylic acids is 1. The summed E-state index contributed by atoms with van der Waals surface area (Å²) in [6.07, 6.45) is -5.08. The zero-order valence-corrected chi connectivity index (χ0v) is 7.75. The van der Waals surface area contributed by atoms with Crippen molar-refractivity contribution in [1.29, 1.82) is 0 Å². The molecule has 0 unspecified atom stereocenters. The Morgan fingerprint density at radius 1 is 1.43 bits per heavy atom. The zero-order chi connectivity index (χ0) is 12.0. The molecule has 0 aliphatic rings. The van der Waals surface area contributed by atoms with Gasteiger partial charge < -0.3 is 14.9 Å². The molecule has 3 N–H and O–H groups in total. The van der Waals surface area contributed by atoms with Crippen LogP contribution in [0.1, 0.15) is 6.92 Å². The molecule has 6 nitrogen and oxygen atoms in total. The van der Waals surface area contributed by atoms with Gasteiger partial charge in [0.1, 0.15) is 0 Å². The highest BCUT2D eigenvalue weighted by atomic mass is 31.2. The third-order valence-electron chi connectivity index (χ3n) is 0.540. The minimum absolute atomic E-state index is 0.0459. The Labute approximate surface area is 76.5 Å². The standard InChI is InChI=1S/C2HF3O2.C2H7O4P/c3-2(4,5)1(6)7;1-2-6-7(3,4)5/h(H,6,7);2H2,1H3,(H2,3,4,5). The topological polar surface area (TPSA) is 104 Å². The molecule has 14 heavy (non-hydrogen) atoms. The maximum absolute atomic E-state index is 10.6. The van der Waals surface area contributed by atoms with Gasteiger partial charge in [0.15, 0.2) is 0 Å². The van der Waals surface area contributed by atoms with Crippen LogP contribution in [0.15, 0.2) is 0 Å². The Morgan fingerprint density at radius 3 is 1.71 bits per heavy atom. The van der Waals surface area contributed by atoms with E-state index in [1.807, 2.05) is 0 Å². The first-order chi connectivity index (χ1) is 6.00. The lowest BCUT2D eigenvalue weighted by atomic mass is 10.7. The number of phosphoric acid groups is 1. The van der Waals surface area contributed by atoms with Crippen LogP contribution in [0, 0.1) is 0 Å². The molecule has 0 aromatic carbocycles. The first kappa shape index (κ1) is 15.8. The third-order valence-corrected chi connectivity index (χ3v) is 1.13. The van der Waals surface area contributed by atoms with Crippen molar-refractivity contribution in [2.75, 3.05) is 6.61 Å². The average Bonchev–Trinajstić information content (AvgIpc) is 1.82. The average molecular weight is 240 g/mol. The molecule has 0 rings (SSSR count). The molecule has 0 amide bonds. The van der Waals surface area contributed by atoms with Gasteiger partial charge in [-0.25, -0.2) is 9.36 Å². The summed E-state index contributed by atoms with van der Waals surface area (Å²) in [6.45, 7) is 1.56. The van der Waals surface area contributed by atoms with E-state index in [1.54, 1.807) is 0 Å². The molecule has 0 aromatic heterocycles. The van der Waals surface area contributed by atoms with Crippen LogP contribution in [0.3, 0.4) is 0 Å².